The number of carbonyl (C=O) groups is 3. The second-order valence-corrected chi connectivity index (χ2v) is 6.69. The summed E-state index contributed by atoms with van der Waals surface area (Å²) in [5.74, 6) is -2.11. The van der Waals surface area contributed by atoms with Crippen molar-refractivity contribution in [2.75, 3.05) is 25.5 Å². The number of likely N-dealkylation sites (N-methyl/N-ethyl adjacent to an activating group) is 2. The van der Waals surface area contributed by atoms with Gasteiger partial charge in [-0.05, 0) is 37.2 Å². The van der Waals surface area contributed by atoms with Crippen LogP contribution in [0.5, 0.6) is 5.75 Å². The van der Waals surface area contributed by atoms with Gasteiger partial charge in [-0.25, -0.2) is 14.4 Å². The lowest BCUT2D eigenvalue weighted by atomic mass is 9.81. The molecule has 2 atom stereocenters. The lowest BCUT2D eigenvalue weighted by Crippen LogP contribution is -2.45. The molecule has 0 bridgehead atoms. The zero-order chi connectivity index (χ0) is 20.4. The zero-order valence-corrected chi connectivity index (χ0v) is 15.2. The van der Waals surface area contributed by atoms with E-state index < -0.39 is 18.1 Å². The minimum Gasteiger partial charge on any atom is -0.478 e. The number of nitrogens with zero attached hydrogens (tertiary/aromatic N) is 2. The molecule has 3 N–H and O–H groups in total. The number of rotatable bonds is 3. The monoisotopic (exact) mass is 378 g/mol. The number of anilines is 1. The van der Waals surface area contributed by atoms with Crippen molar-refractivity contribution in [1.82, 2.24) is 4.90 Å². The van der Waals surface area contributed by atoms with Crippen LogP contribution >= 0.6 is 0 Å². The van der Waals surface area contributed by atoms with Gasteiger partial charge in [0.2, 0.25) is 0 Å². The number of hydrogen-bond acceptors (Lipinski definition) is 6. The van der Waals surface area contributed by atoms with Crippen LogP contribution in [0.1, 0.15) is 18.9 Å². The third-order valence-electron chi connectivity index (χ3n) is 4.88. The minimum absolute atomic E-state index is 0.0384. The third kappa shape index (κ3) is 4.20. The number of ether oxygens (including phenoxy) is 1. The van der Waals surface area contributed by atoms with E-state index in [1.165, 1.54) is 5.56 Å². The normalized spacial score (nSPS) is 23.4. The summed E-state index contributed by atoms with van der Waals surface area (Å²) in [6.45, 7) is 3.29. The summed E-state index contributed by atoms with van der Waals surface area (Å²) < 4.78 is 4.78. The molecule has 1 aromatic rings. The Hall–Kier alpha value is -3.07. The molecule has 1 aromatic carbocycles. The lowest BCUT2D eigenvalue weighted by molar-refractivity contribution is -0.134. The highest BCUT2D eigenvalue weighted by atomic mass is 16.7. The van der Waals surface area contributed by atoms with Crippen molar-refractivity contribution in [2.45, 2.75) is 24.9 Å². The van der Waals surface area contributed by atoms with Gasteiger partial charge in [-0.1, -0.05) is 6.92 Å². The molecule has 2 aliphatic rings. The number of benzene rings is 1. The van der Waals surface area contributed by atoms with Crippen molar-refractivity contribution in [3.63, 3.8) is 0 Å². The van der Waals surface area contributed by atoms with Crippen LogP contribution in [-0.2, 0) is 15.0 Å². The van der Waals surface area contributed by atoms with Crippen molar-refractivity contribution >= 4 is 23.8 Å². The molecular weight excluding hydrogens is 356 g/mol. The van der Waals surface area contributed by atoms with Crippen molar-refractivity contribution < 1.29 is 34.4 Å². The molecule has 1 saturated heterocycles. The molecule has 0 unspecified atom stereocenters. The number of hydrogen-bond donors (Lipinski definition) is 3. The summed E-state index contributed by atoms with van der Waals surface area (Å²) in [6, 6.07) is 5.54. The van der Waals surface area contributed by atoms with Crippen LogP contribution < -0.4 is 9.64 Å². The number of carboxylic acid groups (broad SMARTS) is 3. The maximum Gasteiger partial charge on any atom is 0.511 e. The Bertz CT molecular complexity index is 776. The van der Waals surface area contributed by atoms with Crippen LogP contribution in [-0.4, -0.2) is 65.1 Å². The molecule has 0 aliphatic carbocycles. The minimum atomic E-state index is -1.27. The number of carboxylic acids is 2. The van der Waals surface area contributed by atoms with E-state index in [1.54, 1.807) is 6.07 Å². The van der Waals surface area contributed by atoms with Crippen LogP contribution in [0, 0.1) is 0 Å². The van der Waals surface area contributed by atoms with E-state index in [9.17, 15) is 14.4 Å². The van der Waals surface area contributed by atoms with Gasteiger partial charge in [0, 0.05) is 36.8 Å². The Morgan fingerprint density at radius 1 is 1.15 bits per heavy atom. The van der Waals surface area contributed by atoms with Crippen molar-refractivity contribution in [2.24, 2.45) is 0 Å². The molecule has 0 aromatic heterocycles. The Kier molecular flexibility index (Phi) is 5.75. The van der Waals surface area contributed by atoms with Crippen LogP contribution in [0.15, 0.2) is 30.4 Å². The van der Waals surface area contributed by atoms with Crippen LogP contribution in [0.3, 0.4) is 0 Å². The van der Waals surface area contributed by atoms with Gasteiger partial charge in [0.05, 0.1) is 6.17 Å². The van der Waals surface area contributed by atoms with E-state index >= 15 is 0 Å². The fraction of sp³-hybridized carbons (Fsp3) is 0.389. The molecule has 27 heavy (non-hydrogen) atoms. The topological polar surface area (TPSA) is 128 Å². The van der Waals surface area contributed by atoms with Gasteiger partial charge >= 0.3 is 18.1 Å². The highest BCUT2D eigenvalue weighted by Gasteiger charge is 2.52. The van der Waals surface area contributed by atoms with Gasteiger partial charge in [0.1, 0.15) is 5.75 Å². The Balaban J connectivity index is 0.000000279. The average molecular weight is 378 g/mol. The quantitative estimate of drug-likeness (QED) is 0.410. The SMILES string of the molecule is CN1CC[C@@]2(C)c3cc(OC(=O)O)ccc3N(C)[C@@H]12.O=C(O)C=CC(=O)O. The predicted molar refractivity (Wildman–Crippen MR) is 96.3 cm³/mol. The van der Waals surface area contributed by atoms with Gasteiger partial charge in [-0.3, -0.25) is 4.90 Å². The average Bonchev–Trinajstić information content (AvgIpc) is 2.99. The summed E-state index contributed by atoms with van der Waals surface area (Å²) >= 11 is 0. The standard InChI is InChI=1S/C14H18N2O3.C4H4O4/c1-14-6-7-15(2)12(14)16(3)11-5-4-9(8-10(11)14)19-13(17)18;5-3(6)1-2-4(7)8/h4-5,8,12H,6-7H2,1-3H3,(H,17,18);1-2H,(H,5,6)(H,7,8)/t12-,14+;/m1./s1. The molecule has 0 radical (unpaired) electrons. The van der Waals surface area contributed by atoms with E-state index in [2.05, 4.69) is 30.8 Å². The molecule has 9 heteroatoms. The number of aliphatic carboxylic acids is 2. The van der Waals surface area contributed by atoms with E-state index in [4.69, 9.17) is 20.1 Å². The second-order valence-electron chi connectivity index (χ2n) is 6.69. The van der Waals surface area contributed by atoms with Crippen LogP contribution in [0.25, 0.3) is 0 Å². The van der Waals surface area contributed by atoms with E-state index in [1.807, 2.05) is 12.1 Å². The summed E-state index contributed by atoms with van der Waals surface area (Å²) in [7, 11) is 4.22. The van der Waals surface area contributed by atoms with Crippen molar-refractivity contribution in [3.05, 3.63) is 35.9 Å². The smallest absolute Gasteiger partial charge is 0.478 e. The highest BCUT2D eigenvalue weighted by Crippen LogP contribution is 2.51. The van der Waals surface area contributed by atoms with Crippen LogP contribution in [0.2, 0.25) is 0 Å². The number of fused-ring (bicyclic) bond motifs is 3. The molecule has 2 heterocycles. The fourth-order valence-corrected chi connectivity index (χ4v) is 3.86. The summed E-state index contributed by atoms with van der Waals surface area (Å²) in [5.41, 5.74) is 2.39. The highest BCUT2D eigenvalue weighted by molar-refractivity contribution is 5.89. The zero-order valence-electron chi connectivity index (χ0n) is 15.2. The van der Waals surface area contributed by atoms with Gasteiger partial charge in [0.25, 0.3) is 0 Å². The number of likely N-dealkylation sites (tertiary alicyclic amines) is 1. The van der Waals surface area contributed by atoms with Gasteiger partial charge in [0.15, 0.2) is 0 Å². The fourth-order valence-electron chi connectivity index (χ4n) is 3.86. The molecule has 0 spiro atoms. The summed E-state index contributed by atoms with van der Waals surface area (Å²) in [6.07, 6.45) is 1.26. The molecule has 0 saturated carbocycles. The van der Waals surface area contributed by atoms with Crippen LogP contribution in [0.4, 0.5) is 10.5 Å². The first kappa shape index (κ1) is 20.2. The largest absolute Gasteiger partial charge is 0.511 e. The molecule has 0 amide bonds. The Morgan fingerprint density at radius 3 is 2.26 bits per heavy atom. The first-order valence-corrected chi connectivity index (χ1v) is 8.18. The third-order valence-corrected chi connectivity index (χ3v) is 4.88. The Labute approximate surface area is 156 Å². The molecule has 3 rings (SSSR count). The maximum atomic E-state index is 10.7. The predicted octanol–water partition coefficient (Wildman–Crippen LogP) is 1.82. The van der Waals surface area contributed by atoms with Crippen molar-refractivity contribution in [3.8, 4) is 5.75 Å². The first-order chi connectivity index (χ1) is 12.6. The van der Waals surface area contributed by atoms with Gasteiger partial charge in [-0.2, -0.15) is 0 Å². The molecule has 9 nitrogen and oxygen atoms in total. The Morgan fingerprint density at radius 2 is 1.74 bits per heavy atom. The molecule has 146 valence electrons. The van der Waals surface area contributed by atoms with E-state index in [0.29, 0.717) is 24.1 Å². The molecule has 1 fully saturated rings. The molecule has 2 aliphatic heterocycles. The lowest BCUT2D eigenvalue weighted by Gasteiger charge is -2.32. The van der Waals surface area contributed by atoms with E-state index in [0.717, 1.165) is 18.7 Å². The van der Waals surface area contributed by atoms with E-state index in [-0.39, 0.29) is 5.41 Å². The second kappa shape index (κ2) is 7.67. The first-order valence-electron chi connectivity index (χ1n) is 8.18. The van der Waals surface area contributed by atoms with Crippen molar-refractivity contribution in [1.29, 1.82) is 0 Å². The van der Waals surface area contributed by atoms with Gasteiger partial charge in [-0.15, -0.1) is 0 Å². The molecular formula is C18H22N2O7. The van der Waals surface area contributed by atoms with Gasteiger partial charge < -0.3 is 25.0 Å². The summed E-state index contributed by atoms with van der Waals surface area (Å²) in [4.78, 5) is 34.4. The summed E-state index contributed by atoms with van der Waals surface area (Å²) in [5, 5.41) is 24.3. The maximum absolute atomic E-state index is 10.7.